The lowest BCUT2D eigenvalue weighted by atomic mass is 10.1. The molecule has 2 aromatic rings. The molecule has 0 aromatic heterocycles. The maximum absolute atomic E-state index is 12.4. The summed E-state index contributed by atoms with van der Waals surface area (Å²) in [5.41, 5.74) is 2.54. The Hall–Kier alpha value is -2.05. The first-order chi connectivity index (χ1) is 12.2. The second-order valence-corrected chi connectivity index (χ2v) is 8.48. The number of aryl methyl sites for hydroxylation is 1. The smallest absolute Gasteiger partial charge is 0.241 e. The average Bonchev–Trinajstić information content (AvgIpc) is 2.58. The summed E-state index contributed by atoms with van der Waals surface area (Å²) in [4.78, 5) is 12.4. The van der Waals surface area contributed by atoms with Crippen LogP contribution in [0.15, 0.2) is 48.5 Å². The molecular weight excluding hydrogens is 372 g/mol. The number of sulfonamides is 1. The fourth-order valence-corrected chi connectivity index (χ4v) is 3.61. The van der Waals surface area contributed by atoms with E-state index >= 15 is 0 Å². The van der Waals surface area contributed by atoms with Crippen molar-refractivity contribution in [2.45, 2.75) is 26.3 Å². The van der Waals surface area contributed by atoms with Crippen molar-refractivity contribution in [2.75, 3.05) is 17.1 Å². The van der Waals surface area contributed by atoms with Gasteiger partial charge in [0.25, 0.3) is 0 Å². The van der Waals surface area contributed by atoms with E-state index in [0.717, 1.165) is 22.5 Å². The molecule has 0 unspecified atom stereocenters. The molecule has 0 aliphatic heterocycles. The van der Waals surface area contributed by atoms with Crippen LogP contribution in [0.25, 0.3) is 0 Å². The summed E-state index contributed by atoms with van der Waals surface area (Å²) in [5, 5.41) is 3.25. The standard InChI is InChI=1S/C19H23ClN2O3S/c1-4-15-8-10-16(11-9-15)14(2)21-19(23)13-22(26(3,24)25)18-7-5-6-17(20)12-18/h5-12,14H,4,13H2,1-3H3,(H,21,23)/t14-/m0/s1. The highest BCUT2D eigenvalue weighted by Crippen LogP contribution is 2.22. The molecule has 2 rings (SSSR count). The minimum absolute atomic E-state index is 0.228. The van der Waals surface area contributed by atoms with Gasteiger partial charge in [-0.3, -0.25) is 9.10 Å². The molecule has 0 fully saturated rings. The third-order valence-corrected chi connectivity index (χ3v) is 5.42. The summed E-state index contributed by atoms with van der Waals surface area (Å²) in [6.07, 6.45) is 2.01. The van der Waals surface area contributed by atoms with E-state index in [1.165, 1.54) is 11.6 Å². The lowest BCUT2D eigenvalue weighted by Crippen LogP contribution is -2.41. The van der Waals surface area contributed by atoms with Crippen molar-refractivity contribution in [1.29, 1.82) is 0 Å². The maximum Gasteiger partial charge on any atom is 0.241 e. The normalized spacial score (nSPS) is 12.5. The number of amides is 1. The van der Waals surface area contributed by atoms with Gasteiger partial charge in [-0.1, -0.05) is 48.9 Å². The number of benzene rings is 2. The average molecular weight is 395 g/mol. The van der Waals surface area contributed by atoms with E-state index in [-0.39, 0.29) is 18.5 Å². The number of anilines is 1. The van der Waals surface area contributed by atoms with E-state index in [0.29, 0.717) is 10.7 Å². The Bertz CT molecular complexity index is 867. The van der Waals surface area contributed by atoms with Crippen LogP contribution in [0.4, 0.5) is 5.69 Å². The number of nitrogens with zero attached hydrogens (tertiary/aromatic N) is 1. The van der Waals surface area contributed by atoms with Crippen LogP contribution < -0.4 is 9.62 Å². The zero-order chi connectivity index (χ0) is 19.3. The highest BCUT2D eigenvalue weighted by molar-refractivity contribution is 7.92. The summed E-state index contributed by atoms with van der Waals surface area (Å²) in [6, 6.07) is 14.2. The van der Waals surface area contributed by atoms with Crippen molar-refractivity contribution in [2.24, 2.45) is 0 Å². The minimum atomic E-state index is -3.63. The summed E-state index contributed by atoms with van der Waals surface area (Å²) >= 11 is 5.94. The monoisotopic (exact) mass is 394 g/mol. The predicted octanol–water partition coefficient (Wildman–Crippen LogP) is 3.55. The SMILES string of the molecule is CCc1ccc([C@H](C)NC(=O)CN(c2cccc(Cl)c2)S(C)(=O)=O)cc1. The van der Waals surface area contributed by atoms with E-state index in [2.05, 4.69) is 12.2 Å². The molecule has 0 saturated heterocycles. The van der Waals surface area contributed by atoms with Crippen LogP contribution in [0.3, 0.4) is 0 Å². The Kier molecular flexibility index (Phi) is 6.67. The fourth-order valence-electron chi connectivity index (χ4n) is 2.57. The Morgan fingerprint density at radius 2 is 1.85 bits per heavy atom. The van der Waals surface area contributed by atoms with Gasteiger partial charge in [0.05, 0.1) is 18.0 Å². The van der Waals surface area contributed by atoms with Gasteiger partial charge in [-0.05, 0) is 42.7 Å². The first-order valence-corrected chi connectivity index (χ1v) is 10.5. The molecule has 26 heavy (non-hydrogen) atoms. The second kappa shape index (κ2) is 8.56. The van der Waals surface area contributed by atoms with Gasteiger partial charge in [-0.2, -0.15) is 0 Å². The lowest BCUT2D eigenvalue weighted by molar-refractivity contribution is -0.120. The molecule has 0 aliphatic rings. The van der Waals surface area contributed by atoms with Crippen LogP contribution in [-0.4, -0.2) is 27.1 Å². The van der Waals surface area contributed by atoms with E-state index in [1.807, 2.05) is 31.2 Å². The Labute approximate surface area is 160 Å². The van der Waals surface area contributed by atoms with Crippen LogP contribution in [0, 0.1) is 0 Å². The zero-order valence-corrected chi connectivity index (χ0v) is 16.6. The molecule has 1 atom stereocenters. The van der Waals surface area contributed by atoms with Crippen LogP contribution in [0.1, 0.15) is 31.0 Å². The molecule has 0 aliphatic carbocycles. The Balaban J connectivity index is 2.11. The third kappa shape index (κ3) is 5.47. The number of halogens is 1. The number of rotatable bonds is 7. The van der Waals surface area contributed by atoms with Gasteiger partial charge in [0.1, 0.15) is 6.54 Å². The molecule has 0 spiro atoms. The van der Waals surface area contributed by atoms with Crippen molar-refractivity contribution in [3.05, 3.63) is 64.7 Å². The molecule has 2 aromatic carbocycles. The molecule has 1 amide bonds. The van der Waals surface area contributed by atoms with Gasteiger partial charge in [0.15, 0.2) is 0 Å². The number of hydrogen-bond donors (Lipinski definition) is 1. The van der Waals surface area contributed by atoms with Crippen molar-refractivity contribution < 1.29 is 13.2 Å². The van der Waals surface area contributed by atoms with Gasteiger partial charge < -0.3 is 5.32 Å². The van der Waals surface area contributed by atoms with Crippen molar-refractivity contribution in [1.82, 2.24) is 5.32 Å². The zero-order valence-electron chi connectivity index (χ0n) is 15.1. The first kappa shape index (κ1) is 20.3. The van der Waals surface area contributed by atoms with E-state index in [9.17, 15) is 13.2 Å². The van der Waals surface area contributed by atoms with Gasteiger partial charge in [0.2, 0.25) is 15.9 Å². The van der Waals surface area contributed by atoms with Gasteiger partial charge in [-0.15, -0.1) is 0 Å². The largest absolute Gasteiger partial charge is 0.348 e. The maximum atomic E-state index is 12.4. The Morgan fingerprint density at radius 1 is 1.19 bits per heavy atom. The molecule has 5 nitrogen and oxygen atoms in total. The highest BCUT2D eigenvalue weighted by atomic mass is 35.5. The molecule has 0 heterocycles. The van der Waals surface area contributed by atoms with E-state index < -0.39 is 10.0 Å². The Morgan fingerprint density at radius 3 is 2.38 bits per heavy atom. The summed E-state index contributed by atoms with van der Waals surface area (Å²) in [7, 11) is -3.63. The van der Waals surface area contributed by atoms with Gasteiger partial charge in [0, 0.05) is 5.02 Å². The molecule has 0 radical (unpaired) electrons. The molecule has 0 bridgehead atoms. The number of carbonyl (C=O) groups is 1. The molecule has 7 heteroatoms. The van der Waals surface area contributed by atoms with Gasteiger partial charge in [-0.25, -0.2) is 8.42 Å². The number of hydrogen-bond acceptors (Lipinski definition) is 3. The molecular formula is C19H23ClN2O3S. The lowest BCUT2D eigenvalue weighted by Gasteiger charge is -2.23. The first-order valence-electron chi connectivity index (χ1n) is 8.32. The second-order valence-electron chi connectivity index (χ2n) is 6.13. The van der Waals surface area contributed by atoms with Crippen LogP contribution in [0.2, 0.25) is 5.02 Å². The van der Waals surface area contributed by atoms with Crippen molar-refractivity contribution in [3.8, 4) is 0 Å². The van der Waals surface area contributed by atoms with E-state index in [4.69, 9.17) is 11.6 Å². The fraction of sp³-hybridized carbons (Fsp3) is 0.316. The van der Waals surface area contributed by atoms with Crippen molar-refractivity contribution in [3.63, 3.8) is 0 Å². The van der Waals surface area contributed by atoms with Crippen LogP contribution >= 0.6 is 11.6 Å². The summed E-state index contributed by atoms with van der Waals surface area (Å²) in [5.74, 6) is -0.387. The van der Waals surface area contributed by atoms with E-state index in [1.54, 1.807) is 18.2 Å². The minimum Gasteiger partial charge on any atom is -0.348 e. The molecule has 140 valence electrons. The number of nitrogens with one attached hydrogen (secondary N) is 1. The predicted molar refractivity (Wildman–Crippen MR) is 106 cm³/mol. The number of carbonyl (C=O) groups excluding carboxylic acids is 1. The quantitative estimate of drug-likeness (QED) is 0.780. The highest BCUT2D eigenvalue weighted by Gasteiger charge is 2.22. The van der Waals surface area contributed by atoms with Crippen LogP contribution in [-0.2, 0) is 21.2 Å². The molecule has 1 N–H and O–H groups in total. The van der Waals surface area contributed by atoms with Crippen molar-refractivity contribution >= 4 is 33.2 Å². The third-order valence-electron chi connectivity index (χ3n) is 4.05. The molecule has 0 saturated carbocycles. The van der Waals surface area contributed by atoms with Gasteiger partial charge >= 0.3 is 0 Å². The summed E-state index contributed by atoms with van der Waals surface area (Å²) < 4.78 is 25.3. The van der Waals surface area contributed by atoms with Crippen LogP contribution in [0.5, 0.6) is 0 Å². The summed E-state index contributed by atoms with van der Waals surface area (Å²) in [6.45, 7) is 3.63. The topological polar surface area (TPSA) is 66.5 Å².